The number of ether oxygens (including phenoxy) is 2. The summed E-state index contributed by atoms with van der Waals surface area (Å²) < 4.78 is 19.9. The van der Waals surface area contributed by atoms with Crippen molar-refractivity contribution < 1.29 is 18.7 Å². The first-order valence-electron chi connectivity index (χ1n) is 12.8. The van der Waals surface area contributed by atoms with Crippen molar-refractivity contribution in [2.24, 2.45) is 5.73 Å². The van der Waals surface area contributed by atoms with E-state index >= 15 is 0 Å². The Morgan fingerprint density at radius 1 is 1.08 bits per heavy atom. The zero-order valence-corrected chi connectivity index (χ0v) is 21.3. The van der Waals surface area contributed by atoms with Gasteiger partial charge in [0.1, 0.15) is 22.7 Å². The summed E-state index contributed by atoms with van der Waals surface area (Å²) in [5.74, 6) is 1.13. The summed E-state index contributed by atoms with van der Waals surface area (Å²) >= 11 is 0. The topological polar surface area (TPSA) is 108 Å². The lowest BCUT2D eigenvalue weighted by molar-refractivity contribution is 0.100. The van der Waals surface area contributed by atoms with Gasteiger partial charge in [-0.25, -0.2) is 0 Å². The molecular weight excluding hydrogens is 470 g/mol. The molecule has 37 heavy (non-hydrogen) atoms. The zero-order valence-electron chi connectivity index (χ0n) is 21.3. The number of hydrogen-bond acceptors (Lipinski definition) is 7. The van der Waals surface area contributed by atoms with E-state index in [2.05, 4.69) is 27.3 Å². The highest BCUT2D eigenvalue weighted by molar-refractivity contribution is 6.03. The highest BCUT2D eigenvalue weighted by Gasteiger charge is 2.23. The number of likely N-dealkylation sites (tertiary alicyclic amines) is 1. The van der Waals surface area contributed by atoms with E-state index in [0.717, 1.165) is 55.2 Å². The van der Waals surface area contributed by atoms with Gasteiger partial charge in [-0.2, -0.15) is 4.98 Å². The Kier molecular flexibility index (Phi) is 7.32. The van der Waals surface area contributed by atoms with E-state index in [1.54, 1.807) is 18.2 Å². The molecule has 1 fully saturated rings. The van der Waals surface area contributed by atoms with Gasteiger partial charge in [-0.15, -0.1) is 0 Å². The number of nitrogens with zero attached hydrogens (tertiary/aromatic N) is 3. The third-order valence-corrected chi connectivity index (χ3v) is 6.57. The van der Waals surface area contributed by atoms with Crippen molar-refractivity contribution in [1.29, 1.82) is 0 Å². The minimum Gasteiger partial charge on any atom is -0.492 e. The van der Waals surface area contributed by atoms with Crippen LogP contribution in [-0.2, 0) is 6.54 Å². The SMILES string of the molecule is CCOc1cc(CN2CCC(Nc3nc4c(C(N)=O)cccc4o3)CC2)cc(OCC)c1-n1cccc1. The van der Waals surface area contributed by atoms with Crippen LogP contribution in [0.15, 0.2) is 59.3 Å². The van der Waals surface area contributed by atoms with Gasteiger partial charge in [0.2, 0.25) is 0 Å². The van der Waals surface area contributed by atoms with E-state index in [1.165, 1.54) is 0 Å². The standard InChI is InChI=1S/C28H33N5O4/c1-3-35-23-16-19(17-24(36-4-2)26(23)33-12-5-6-13-33)18-32-14-10-20(11-15-32)30-28-31-25-21(27(29)34)8-7-9-22(25)37-28/h5-9,12-13,16-17,20H,3-4,10-11,14-15,18H2,1-2H3,(H2,29,34)(H,30,31). The molecule has 1 amide bonds. The normalized spacial score (nSPS) is 14.6. The lowest BCUT2D eigenvalue weighted by atomic mass is 10.0. The van der Waals surface area contributed by atoms with Gasteiger partial charge in [0.05, 0.1) is 18.8 Å². The number of anilines is 1. The van der Waals surface area contributed by atoms with E-state index in [-0.39, 0.29) is 6.04 Å². The van der Waals surface area contributed by atoms with Gasteiger partial charge in [0.15, 0.2) is 5.58 Å². The number of oxazole rings is 1. The second kappa shape index (κ2) is 11.0. The zero-order chi connectivity index (χ0) is 25.8. The third-order valence-electron chi connectivity index (χ3n) is 6.57. The molecule has 1 aliphatic rings. The summed E-state index contributed by atoms with van der Waals surface area (Å²) in [6.45, 7) is 7.82. The highest BCUT2D eigenvalue weighted by atomic mass is 16.5. The third kappa shape index (κ3) is 5.41. The molecule has 5 rings (SSSR count). The van der Waals surface area contributed by atoms with Crippen LogP contribution in [0.4, 0.5) is 6.01 Å². The molecule has 2 aromatic heterocycles. The molecule has 1 saturated heterocycles. The molecule has 1 aliphatic heterocycles. The van der Waals surface area contributed by atoms with Crippen molar-refractivity contribution in [2.75, 3.05) is 31.6 Å². The quantitative estimate of drug-likeness (QED) is 0.326. The van der Waals surface area contributed by atoms with E-state index in [1.807, 2.05) is 42.9 Å². The number of para-hydroxylation sites is 1. The average molecular weight is 504 g/mol. The predicted octanol–water partition coefficient (Wildman–Crippen LogP) is 4.59. The Labute approximate surface area is 216 Å². The summed E-state index contributed by atoms with van der Waals surface area (Å²) in [5, 5.41) is 3.40. The van der Waals surface area contributed by atoms with Crippen molar-refractivity contribution in [3.63, 3.8) is 0 Å². The number of benzene rings is 2. The maximum Gasteiger partial charge on any atom is 0.295 e. The van der Waals surface area contributed by atoms with Crippen LogP contribution in [-0.4, -0.2) is 52.7 Å². The molecule has 3 heterocycles. The smallest absolute Gasteiger partial charge is 0.295 e. The van der Waals surface area contributed by atoms with Crippen LogP contribution in [0, 0.1) is 0 Å². The van der Waals surface area contributed by atoms with E-state index < -0.39 is 5.91 Å². The highest BCUT2D eigenvalue weighted by Crippen LogP contribution is 2.35. The summed E-state index contributed by atoms with van der Waals surface area (Å²) in [5.41, 5.74) is 8.97. The number of nitrogens with one attached hydrogen (secondary N) is 1. The molecular formula is C28H33N5O4. The molecule has 2 aromatic carbocycles. The molecule has 0 radical (unpaired) electrons. The Bertz CT molecular complexity index is 1330. The van der Waals surface area contributed by atoms with E-state index in [9.17, 15) is 4.79 Å². The average Bonchev–Trinajstić information content (AvgIpc) is 3.55. The predicted molar refractivity (Wildman–Crippen MR) is 143 cm³/mol. The number of hydrogen-bond donors (Lipinski definition) is 2. The molecule has 0 unspecified atom stereocenters. The molecule has 3 N–H and O–H groups in total. The van der Waals surface area contributed by atoms with Crippen LogP contribution in [0.5, 0.6) is 11.5 Å². The summed E-state index contributed by atoms with van der Waals surface area (Å²) in [6, 6.07) is 14.1. The first-order valence-corrected chi connectivity index (χ1v) is 12.8. The minimum atomic E-state index is -0.514. The van der Waals surface area contributed by atoms with E-state index in [4.69, 9.17) is 19.6 Å². The number of aromatic nitrogens is 2. The maximum atomic E-state index is 11.7. The molecule has 9 heteroatoms. The van der Waals surface area contributed by atoms with Gasteiger partial charge in [0.25, 0.3) is 11.9 Å². The Hall–Kier alpha value is -3.98. The number of carbonyl (C=O) groups excluding carboxylic acids is 1. The summed E-state index contributed by atoms with van der Waals surface area (Å²) in [7, 11) is 0. The van der Waals surface area contributed by atoms with Crippen LogP contribution in [0.1, 0.15) is 42.6 Å². The van der Waals surface area contributed by atoms with Crippen molar-refractivity contribution in [3.05, 3.63) is 66.0 Å². The first-order chi connectivity index (χ1) is 18.1. The van der Waals surface area contributed by atoms with Crippen LogP contribution in [0.3, 0.4) is 0 Å². The minimum absolute atomic E-state index is 0.232. The second-order valence-electron chi connectivity index (χ2n) is 9.13. The number of rotatable bonds is 10. The number of amides is 1. The molecule has 0 atom stereocenters. The first kappa shape index (κ1) is 24.7. The molecule has 4 aromatic rings. The molecule has 0 bridgehead atoms. The Morgan fingerprint density at radius 2 is 1.76 bits per heavy atom. The van der Waals surface area contributed by atoms with Crippen molar-refractivity contribution in [2.45, 2.75) is 39.3 Å². The van der Waals surface area contributed by atoms with Gasteiger partial charge >= 0.3 is 0 Å². The molecule has 194 valence electrons. The van der Waals surface area contributed by atoms with Crippen LogP contribution in [0.2, 0.25) is 0 Å². The molecule has 9 nitrogen and oxygen atoms in total. The number of fused-ring (bicyclic) bond motifs is 1. The number of carbonyl (C=O) groups is 1. The van der Waals surface area contributed by atoms with Gasteiger partial charge in [0, 0.05) is 38.1 Å². The fourth-order valence-electron chi connectivity index (χ4n) is 4.87. The van der Waals surface area contributed by atoms with Crippen LogP contribution in [0.25, 0.3) is 16.8 Å². The molecule has 0 spiro atoms. The van der Waals surface area contributed by atoms with Gasteiger partial charge in [-0.3, -0.25) is 9.69 Å². The van der Waals surface area contributed by atoms with Crippen LogP contribution >= 0.6 is 0 Å². The Balaban J connectivity index is 1.26. The van der Waals surface area contributed by atoms with Gasteiger partial charge in [-0.1, -0.05) is 6.07 Å². The lowest BCUT2D eigenvalue weighted by Gasteiger charge is -2.32. The summed E-state index contributed by atoms with van der Waals surface area (Å²) in [4.78, 5) is 18.6. The lowest BCUT2D eigenvalue weighted by Crippen LogP contribution is -2.38. The van der Waals surface area contributed by atoms with Crippen molar-refractivity contribution in [1.82, 2.24) is 14.5 Å². The fraction of sp³-hybridized carbons (Fsp3) is 0.357. The molecule has 0 aliphatic carbocycles. The number of piperidine rings is 1. The van der Waals surface area contributed by atoms with Gasteiger partial charge in [-0.05, 0) is 68.7 Å². The number of primary amides is 1. The summed E-state index contributed by atoms with van der Waals surface area (Å²) in [6.07, 6.45) is 5.89. The molecule has 0 saturated carbocycles. The van der Waals surface area contributed by atoms with Crippen molar-refractivity contribution in [3.8, 4) is 17.2 Å². The monoisotopic (exact) mass is 503 g/mol. The van der Waals surface area contributed by atoms with Gasteiger partial charge < -0.3 is 29.5 Å². The van der Waals surface area contributed by atoms with Crippen molar-refractivity contribution >= 4 is 23.0 Å². The second-order valence-corrected chi connectivity index (χ2v) is 9.13. The number of nitrogens with two attached hydrogens (primary N) is 1. The largest absolute Gasteiger partial charge is 0.492 e. The fourth-order valence-corrected chi connectivity index (χ4v) is 4.87. The maximum absolute atomic E-state index is 11.7. The Morgan fingerprint density at radius 3 is 2.38 bits per heavy atom. The van der Waals surface area contributed by atoms with E-state index in [0.29, 0.717) is 35.9 Å². The van der Waals surface area contributed by atoms with Crippen LogP contribution < -0.4 is 20.5 Å².